The summed E-state index contributed by atoms with van der Waals surface area (Å²) >= 11 is 0. The first-order chi connectivity index (χ1) is 9.01. The molecule has 1 aromatic rings. The molecule has 0 bridgehead atoms. The number of nitrogens with two attached hydrogens (primary N) is 1. The van der Waals surface area contributed by atoms with E-state index in [4.69, 9.17) is 15.2 Å². The minimum Gasteiger partial charge on any atom is -0.496 e. The van der Waals surface area contributed by atoms with Crippen molar-refractivity contribution >= 4 is 0 Å². The van der Waals surface area contributed by atoms with Crippen molar-refractivity contribution in [3.05, 3.63) is 23.3 Å². The second kappa shape index (κ2) is 7.34. The molecule has 0 saturated heterocycles. The lowest BCUT2D eigenvalue weighted by Crippen LogP contribution is -2.21. The van der Waals surface area contributed by atoms with Crippen LogP contribution >= 0.6 is 0 Å². The van der Waals surface area contributed by atoms with E-state index in [2.05, 4.69) is 0 Å². The number of hydrogen-bond acceptors (Lipinski definition) is 3. The first kappa shape index (κ1) is 15.8. The zero-order valence-corrected chi connectivity index (χ0v) is 12.2. The molecular formula is C15H24FNO2. The van der Waals surface area contributed by atoms with E-state index in [1.165, 1.54) is 6.92 Å². The molecule has 0 amide bonds. The lowest BCUT2D eigenvalue weighted by atomic mass is 9.99. The minimum atomic E-state index is -0.914. The molecule has 1 aromatic carbocycles. The summed E-state index contributed by atoms with van der Waals surface area (Å²) in [4.78, 5) is 0. The van der Waals surface area contributed by atoms with E-state index < -0.39 is 6.17 Å². The molecule has 0 spiro atoms. The van der Waals surface area contributed by atoms with E-state index in [1.807, 2.05) is 19.1 Å². The highest BCUT2D eigenvalue weighted by Gasteiger charge is 2.15. The Morgan fingerprint density at radius 2 is 1.58 bits per heavy atom. The van der Waals surface area contributed by atoms with E-state index in [1.54, 1.807) is 14.2 Å². The van der Waals surface area contributed by atoms with Gasteiger partial charge in [0.25, 0.3) is 0 Å². The average molecular weight is 269 g/mol. The molecule has 2 unspecified atom stereocenters. The van der Waals surface area contributed by atoms with Crippen LogP contribution in [0, 0.1) is 0 Å². The summed E-state index contributed by atoms with van der Waals surface area (Å²) in [5, 5.41) is 0. The third-order valence-corrected chi connectivity index (χ3v) is 3.19. The van der Waals surface area contributed by atoms with Crippen LogP contribution in [0.25, 0.3) is 0 Å². The van der Waals surface area contributed by atoms with Gasteiger partial charge >= 0.3 is 0 Å². The molecule has 0 saturated carbocycles. The molecule has 2 N–H and O–H groups in total. The molecule has 0 radical (unpaired) electrons. The van der Waals surface area contributed by atoms with Crippen molar-refractivity contribution in [2.24, 2.45) is 5.73 Å². The van der Waals surface area contributed by atoms with Gasteiger partial charge in [-0.05, 0) is 37.5 Å². The van der Waals surface area contributed by atoms with Crippen LogP contribution in [-0.2, 0) is 12.8 Å². The van der Waals surface area contributed by atoms with Crippen LogP contribution in [0.4, 0.5) is 4.39 Å². The Hall–Kier alpha value is -1.29. The van der Waals surface area contributed by atoms with Crippen LogP contribution in [0.3, 0.4) is 0 Å². The number of hydrogen-bond donors (Lipinski definition) is 1. The second-order valence-corrected chi connectivity index (χ2v) is 4.83. The largest absolute Gasteiger partial charge is 0.496 e. The zero-order valence-electron chi connectivity index (χ0n) is 12.2. The third kappa shape index (κ3) is 4.39. The number of halogens is 1. The Balaban J connectivity index is 3.11. The normalized spacial score (nSPS) is 14.0. The van der Waals surface area contributed by atoms with Crippen LogP contribution < -0.4 is 15.2 Å². The van der Waals surface area contributed by atoms with Gasteiger partial charge in [-0.3, -0.25) is 0 Å². The summed E-state index contributed by atoms with van der Waals surface area (Å²) < 4.78 is 23.9. The topological polar surface area (TPSA) is 44.5 Å². The van der Waals surface area contributed by atoms with Crippen molar-refractivity contribution in [3.63, 3.8) is 0 Å². The maximum atomic E-state index is 13.2. The predicted molar refractivity (Wildman–Crippen MR) is 75.8 cm³/mol. The summed E-state index contributed by atoms with van der Waals surface area (Å²) in [7, 11) is 3.21. The monoisotopic (exact) mass is 269 g/mol. The Kier molecular flexibility index (Phi) is 6.09. The van der Waals surface area contributed by atoms with E-state index in [0.717, 1.165) is 29.7 Å². The highest BCUT2D eigenvalue weighted by molar-refractivity contribution is 5.47. The quantitative estimate of drug-likeness (QED) is 0.827. The smallest absolute Gasteiger partial charge is 0.122 e. The number of methoxy groups -OCH3 is 2. The highest BCUT2D eigenvalue weighted by atomic mass is 19.1. The van der Waals surface area contributed by atoms with E-state index in [0.29, 0.717) is 12.2 Å². The molecule has 0 fully saturated rings. The molecule has 108 valence electrons. The molecular weight excluding hydrogens is 245 g/mol. The van der Waals surface area contributed by atoms with E-state index in [-0.39, 0.29) is 6.04 Å². The summed E-state index contributed by atoms with van der Waals surface area (Å²) in [6, 6.07) is 3.85. The first-order valence-corrected chi connectivity index (χ1v) is 6.65. The molecule has 19 heavy (non-hydrogen) atoms. The van der Waals surface area contributed by atoms with Gasteiger partial charge in [0.05, 0.1) is 14.2 Å². The maximum Gasteiger partial charge on any atom is 0.122 e. The molecule has 2 atom stereocenters. The zero-order chi connectivity index (χ0) is 14.4. The molecule has 0 aromatic heterocycles. The van der Waals surface area contributed by atoms with Crippen LogP contribution in [-0.4, -0.2) is 26.4 Å². The van der Waals surface area contributed by atoms with Crippen molar-refractivity contribution in [3.8, 4) is 11.5 Å². The molecule has 3 nitrogen and oxygen atoms in total. The SMILES string of the molecule is CCC(N)Cc1cc(OC)c(CC(C)F)cc1OC. The second-order valence-electron chi connectivity index (χ2n) is 4.83. The number of benzene rings is 1. The van der Waals surface area contributed by atoms with Gasteiger partial charge in [0.15, 0.2) is 0 Å². The highest BCUT2D eigenvalue weighted by Crippen LogP contribution is 2.31. The van der Waals surface area contributed by atoms with Gasteiger partial charge in [0.2, 0.25) is 0 Å². The molecule has 1 rings (SSSR count). The Morgan fingerprint density at radius 3 is 1.95 bits per heavy atom. The average Bonchev–Trinajstić information content (AvgIpc) is 2.38. The number of alkyl halides is 1. The lowest BCUT2D eigenvalue weighted by molar-refractivity contribution is 0.348. The summed E-state index contributed by atoms with van der Waals surface area (Å²) in [5.74, 6) is 1.45. The molecule has 0 aliphatic heterocycles. The maximum absolute atomic E-state index is 13.2. The molecule has 4 heteroatoms. The first-order valence-electron chi connectivity index (χ1n) is 6.65. The van der Waals surface area contributed by atoms with Crippen molar-refractivity contribution < 1.29 is 13.9 Å². The van der Waals surface area contributed by atoms with Gasteiger partial charge in [-0.1, -0.05) is 6.92 Å². The van der Waals surface area contributed by atoms with Gasteiger partial charge in [-0.2, -0.15) is 0 Å². The molecule has 0 aliphatic carbocycles. The minimum absolute atomic E-state index is 0.0876. The predicted octanol–water partition coefficient (Wildman–Crippen LogP) is 2.88. The summed E-state index contributed by atoms with van der Waals surface area (Å²) in [5.41, 5.74) is 7.81. The van der Waals surface area contributed by atoms with Crippen molar-refractivity contribution in [1.82, 2.24) is 0 Å². The fourth-order valence-electron chi connectivity index (χ4n) is 2.07. The number of ether oxygens (including phenoxy) is 2. The Bertz CT molecular complexity index is 407. The van der Waals surface area contributed by atoms with Gasteiger partial charge in [-0.15, -0.1) is 0 Å². The van der Waals surface area contributed by atoms with Crippen LogP contribution in [0.2, 0.25) is 0 Å². The Morgan fingerprint density at radius 1 is 1.11 bits per heavy atom. The van der Waals surface area contributed by atoms with Crippen LogP contribution in [0.1, 0.15) is 31.4 Å². The van der Waals surface area contributed by atoms with Crippen molar-refractivity contribution in [1.29, 1.82) is 0 Å². The number of rotatable bonds is 7. The summed E-state index contributed by atoms with van der Waals surface area (Å²) in [6.07, 6.45) is 1.03. The fraction of sp³-hybridized carbons (Fsp3) is 0.600. The molecule has 0 aliphatic rings. The molecule has 0 heterocycles. The Labute approximate surface area is 114 Å². The van der Waals surface area contributed by atoms with Crippen molar-refractivity contribution in [2.45, 2.75) is 45.3 Å². The lowest BCUT2D eigenvalue weighted by Gasteiger charge is -2.17. The van der Waals surface area contributed by atoms with E-state index in [9.17, 15) is 4.39 Å². The van der Waals surface area contributed by atoms with Crippen molar-refractivity contribution in [2.75, 3.05) is 14.2 Å². The van der Waals surface area contributed by atoms with Gasteiger partial charge in [0.1, 0.15) is 17.7 Å². The fourth-order valence-corrected chi connectivity index (χ4v) is 2.07. The van der Waals surface area contributed by atoms with Gasteiger partial charge < -0.3 is 15.2 Å². The van der Waals surface area contributed by atoms with E-state index >= 15 is 0 Å². The van der Waals surface area contributed by atoms with Crippen LogP contribution in [0.15, 0.2) is 12.1 Å². The van der Waals surface area contributed by atoms with Crippen LogP contribution in [0.5, 0.6) is 11.5 Å². The van der Waals surface area contributed by atoms with Gasteiger partial charge in [-0.25, -0.2) is 4.39 Å². The summed E-state index contributed by atoms with van der Waals surface area (Å²) in [6.45, 7) is 3.58. The standard InChI is InChI=1S/C15H24FNO2/c1-5-13(17)7-12-9-14(18-3)11(6-10(2)16)8-15(12)19-4/h8-10,13H,5-7,17H2,1-4H3. The third-order valence-electron chi connectivity index (χ3n) is 3.19. The van der Waals surface area contributed by atoms with Gasteiger partial charge in [0, 0.05) is 18.0 Å².